The number of aliphatic hydroxyl groups is 1. The van der Waals surface area contributed by atoms with Crippen molar-refractivity contribution in [3.63, 3.8) is 0 Å². The van der Waals surface area contributed by atoms with Crippen molar-refractivity contribution in [3.05, 3.63) is 71.7 Å². The zero-order valence-corrected chi connectivity index (χ0v) is 11.1. The van der Waals surface area contributed by atoms with Crippen molar-refractivity contribution in [1.82, 2.24) is 0 Å². The second kappa shape index (κ2) is 4.76. The number of hydrogen-bond acceptors (Lipinski definition) is 2. The van der Waals surface area contributed by atoms with Gasteiger partial charge in [-0.3, -0.25) is 0 Å². The fraction of sp³-hybridized carbons (Fsp3) is 0.176. The van der Waals surface area contributed by atoms with Crippen molar-refractivity contribution in [1.29, 1.82) is 0 Å². The molecule has 0 bridgehead atoms. The molecule has 0 radical (unpaired) electrons. The third kappa shape index (κ3) is 2.00. The molecule has 0 saturated heterocycles. The van der Waals surface area contributed by atoms with Crippen molar-refractivity contribution in [2.75, 3.05) is 0 Å². The first-order valence-electron chi connectivity index (χ1n) is 6.61. The van der Waals surface area contributed by atoms with Crippen molar-refractivity contribution in [3.8, 4) is 0 Å². The van der Waals surface area contributed by atoms with Gasteiger partial charge in [0.25, 0.3) is 0 Å². The Balaban J connectivity index is 2.16. The predicted molar refractivity (Wildman–Crippen MR) is 75.9 cm³/mol. The SMILES string of the molecule is CCC(O)(c1ccccc1)c1cc2cc(F)ccc2o1. The van der Waals surface area contributed by atoms with E-state index < -0.39 is 5.60 Å². The molecule has 102 valence electrons. The van der Waals surface area contributed by atoms with Gasteiger partial charge in [-0.25, -0.2) is 4.39 Å². The third-order valence-electron chi connectivity index (χ3n) is 3.65. The fourth-order valence-corrected chi connectivity index (χ4v) is 2.45. The third-order valence-corrected chi connectivity index (χ3v) is 3.65. The Kier molecular flexibility index (Phi) is 3.07. The predicted octanol–water partition coefficient (Wildman–Crippen LogP) is 4.22. The first kappa shape index (κ1) is 12.9. The Bertz CT molecular complexity index is 733. The maximum absolute atomic E-state index is 13.2. The van der Waals surface area contributed by atoms with Gasteiger partial charge in [0.05, 0.1) is 0 Å². The molecule has 0 fully saturated rings. The van der Waals surface area contributed by atoms with E-state index in [0.717, 1.165) is 5.56 Å². The standard InChI is InChI=1S/C17H15FO2/c1-2-17(19,13-6-4-3-5-7-13)16-11-12-10-14(18)8-9-15(12)20-16/h3-11,19H,2H2,1H3. The number of furan rings is 1. The summed E-state index contributed by atoms with van der Waals surface area (Å²) in [5.74, 6) is 0.122. The molecule has 2 aromatic carbocycles. The molecule has 1 atom stereocenters. The second-order valence-corrected chi connectivity index (χ2v) is 4.87. The molecule has 2 nitrogen and oxygen atoms in total. The quantitative estimate of drug-likeness (QED) is 0.773. The summed E-state index contributed by atoms with van der Waals surface area (Å²) in [6.07, 6.45) is 0.472. The maximum atomic E-state index is 13.2. The molecule has 20 heavy (non-hydrogen) atoms. The van der Waals surface area contributed by atoms with Crippen LogP contribution in [0.25, 0.3) is 11.0 Å². The molecule has 0 saturated carbocycles. The summed E-state index contributed by atoms with van der Waals surface area (Å²) in [5.41, 5.74) is 0.141. The van der Waals surface area contributed by atoms with Crippen molar-refractivity contribution < 1.29 is 13.9 Å². The first-order chi connectivity index (χ1) is 9.63. The average Bonchev–Trinajstić information content (AvgIpc) is 2.90. The monoisotopic (exact) mass is 270 g/mol. The van der Waals surface area contributed by atoms with E-state index in [0.29, 0.717) is 23.2 Å². The van der Waals surface area contributed by atoms with Gasteiger partial charge in [0.15, 0.2) is 0 Å². The molecule has 0 spiro atoms. The summed E-state index contributed by atoms with van der Waals surface area (Å²) in [7, 11) is 0. The van der Waals surface area contributed by atoms with Gasteiger partial charge in [-0.2, -0.15) is 0 Å². The van der Waals surface area contributed by atoms with E-state index in [4.69, 9.17) is 4.42 Å². The Morgan fingerprint density at radius 1 is 1.10 bits per heavy atom. The van der Waals surface area contributed by atoms with Crippen LogP contribution in [0.2, 0.25) is 0 Å². The van der Waals surface area contributed by atoms with E-state index in [9.17, 15) is 9.50 Å². The highest BCUT2D eigenvalue weighted by Crippen LogP contribution is 2.36. The van der Waals surface area contributed by atoms with Gasteiger partial charge >= 0.3 is 0 Å². The van der Waals surface area contributed by atoms with Crippen LogP contribution in [0.1, 0.15) is 24.7 Å². The molecular weight excluding hydrogens is 255 g/mol. The van der Waals surface area contributed by atoms with Crippen LogP contribution in [0, 0.1) is 5.82 Å². The van der Waals surface area contributed by atoms with Gasteiger partial charge in [-0.05, 0) is 36.2 Å². The minimum absolute atomic E-state index is 0.315. The zero-order chi connectivity index (χ0) is 14.2. The van der Waals surface area contributed by atoms with E-state index in [1.165, 1.54) is 12.1 Å². The van der Waals surface area contributed by atoms with E-state index >= 15 is 0 Å². The van der Waals surface area contributed by atoms with Crippen LogP contribution in [0.15, 0.2) is 59.0 Å². The molecule has 3 aromatic rings. The molecule has 1 unspecified atom stereocenters. The summed E-state index contributed by atoms with van der Waals surface area (Å²) >= 11 is 0. The topological polar surface area (TPSA) is 33.4 Å². The van der Waals surface area contributed by atoms with E-state index in [-0.39, 0.29) is 5.82 Å². The van der Waals surface area contributed by atoms with Crippen LogP contribution in [-0.2, 0) is 5.60 Å². The molecule has 1 N–H and O–H groups in total. The van der Waals surface area contributed by atoms with Crippen LogP contribution in [0.5, 0.6) is 0 Å². The number of fused-ring (bicyclic) bond motifs is 1. The summed E-state index contributed by atoms with van der Waals surface area (Å²) < 4.78 is 19.0. The lowest BCUT2D eigenvalue weighted by molar-refractivity contribution is 0.0544. The first-order valence-corrected chi connectivity index (χ1v) is 6.61. The highest BCUT2D eigenvalue weighted by Gasteiger charge is 2.33. The zero-order valence-electron chi connectivity index (χ0n) is 11.1. The molecule has 3 heteroatoms. The van der Waals surface area contributed by atoms with Gasteiger partial charge in [0, 0.05) is 5.39 Å². The highest BCUT2D eigenvalue weighted by molar-refractivity contribution is 5.78. The molecule has 3 rings (SSSR count). The van der Waals surface area contributed by atoms with Gasteiger partial charge in [-0.15, -0.1) is 0 Å². The van der Waals surface area contributed by atoms with Crippen molar-refractivity contribution in [2.45, 2.75) is 18.9 Å². The van der Waals surface area contributed by atoms with Gasteiger partial charge in [0.2, 0.25) is 0 Å². The number of halogens is 1. The normalized spacial score (nSPS) is 14.3. The maximum Gasteiger partial charge on any atom is 0.147 e. The molecule has 1 aromatic heterocycles. The Morgan fingerprint density at radius 2 is 1.85 bits per heavy atom. The van der Waals surface area contributed by atoms with Crippen LogP contribution >= 0.6 is 0 Å². The van der Waals surface area contributed by atoms with E-state index in [1.807, 2.05) is 37.3 Å². The van der Waals surface area contributed by atoms with Gasteiger partial charge in [-0.1, -0.05) is 37.3 Å². The summed E-state index contributed by atoms with van der Waals surface area (Å²) in [5, 5.41) is 11.6. The second-order valence-electron chi connectivity index (χ2n) is 4.87. The number of rotatable bonds is 3. The Labute approximate surface area is 116 Å². The van der Waals surface area contributed by atoms with Gasteiger partial charge in [0.1, 0.15) is 22.8 Å². The Hall–Kier alpha value is -2.13. The number of hydrogen-bond donors (Lipinski definition) is 1. The summed E-state index contributed by atoms with van der Waals surface area (Å²) in [4.78, 5) is 0. The lowest BCUT2D eigenvalue weighted by Crippen LogP contribution is -2.25. The van der Waals surface area contributed by atoms with Crippen LogP contribution in [0.3, 0.4) is 0 Å². The molecule has 0 aliphatic carbocycles. The lowest BCUT2D eigenvalue weighted by Gasteiger charge is -2.24. The van der Waals surface area contributed by atoms with E-state index in [1.54, 1.807) is 12.1 Å². The average molecular weight is 270 g/mol. The smallest absolute Gasteiger partial charge is 0.147 e. The summed E-state index contributed by atoms with van der Waals surface area (Å²) in [6.45, 7) is 1.89. The number of benzene rings is 2. The molecule has 0 aliphatic rings. The minimum Gasteiger partial charge on any atom is -0.458 e. The lowest BCUT2D eigenvalue weighted by atomic mass is 9.88. The van der Waals surface area contributed by atoms with Crippen LogP contribution < -0.4 is 0 Å². The molecular formula is C17H15FO2. The molecule has 1 heterocycles. The highest BCUT2D eigenvalue weighted by atomic mass is 19.1. The van der Waals surface area contributed by atoms with Crippen molar-refractivity contribution >= 4 is 11.0 Å². The minimum atomic E-state index is -1.20. The molecule has 0 aliphatic heterocycles. The van der Waals surface area contributed by atoms with Crippen LogP contribution in [-0.4, -0.2) is 5.11 Å². The fourth-order valence-electron chi connectivity index (χ4n) is 2.45. The van der Waals surface area contributed by atoms with Crippen LogP contribution in [0.4, 0.5) is 4.39 Å². The Morgan fingerprint density at radius 3 is 2.55 bits per heavy atom. The van der Waals surface area contributed by atoms with Gasteiger partial charge < -0.3 is 9.52 Å². The van der Waals surface area contributed by atoms with Crippen molar-refractivity contribution in [2.24, 2.45) is 0 Å². The van der Waals surface area contributed by atoms with E-state index in [2.05, 4.69) is 0 Å². The molecule has 0 amide bonds. The largest absolute Gasteiger partial charge is 0.458 e. The summed E-state index contributed by atoms with van der Waals surface area (Å²) in [6, 6.07) is 15.4.